The standard InChI is InChI=1S/C14H16N2O3S/c1-10-11(18-2)7-8-12(14(10)19-3)20(17)16-13-6-4-5-9-15-13/h4-9H,1-3H3,(H,15,16)/t20-/m0/s1. The number of hydrogen-bond acceptors (Lipinski definition) is 4. The molecule has 0 aliphatic heterocycles. The van der Waals surface area contributed by atoms with Gasteiger partial charge in [0.1, 0.15) is 22.2 Å². The van der Waals surface area contributed by atoms with Gasteiger partial charge < -0.3 is 9.47 Å². The molecular formula is C14H16N2O3S. The smallest absolute Gasteiger partial charge is 0.155 e. The largest absolute Gasteiger partial charge is 0.496 e. The summed E-state index contributed by atoms with van der Waals surface area (Å²) in [6.07, 6.45) is 1.63. The number of nitrogens with one attached hydrogen (secondary N) is 1. The SMILES string of the molecule is COc1ccc([S@](=O)Nc2ccccn2)c(OC)c1C. The molecule has 0 radical (unpaired) electrons. The molecule has 0 fully saturated rings. The van der Waals surface area contributed by atoms with Gasteiger partial charge in [0.25, 0.3) is 0 Å². The van der Waals surface area contributed by atoms with Crippen molar-refractivity contribution in [1.29, 1.82) is 0 Å². The summed E-state index contributed by atoms with van der Waals surface area (Å²) in [4.78, 5) is 4.64. The Labute approximate surface area is 120 Å². The van der Waals surface area contributed by atoms with Crippen LogP contribution in [0.5, 0.6) is 11.5 Å². The van der Waals surface area contributed by atoms with E-state index in [9.17, 15) is 4.21 Å². The van der Waals surface area contributed by atoms with E-state index in [4.69, 9.17) is 9.47 Å². The second-order valence-electron chi connectivity index (χ2n) is 4.01. The summed E-state index contributed by atoms with van der Waals surface area (Å²) >= 11 is 0. The quantitative estimate of drug-likeness (QED) is 0.920. The van der Waals surface area contributed by atoms with Crippen LogP contribution in [-0.4, -0.2) is 23.4 Å². The van der Waals surface area contributed by atoms with Gasteiger partial charge in [0.15, 0.2) is 11.0 Å². The van der Waals surface area contributed by atoms with Crippen LogP contribution in [0.1, 0.15) is 5.56 Å². The lowest BCUT2D eigenvalue weighted by Crippen LogP contribution is -2.08. The van der Waals surface area contributed by atoms with E-state index in [1.807, 2.05) is 13.0 Å². The van der Waals surface area contributed by atoms with Crippen molar-refractivity contribution in [3.05, 3.63) is 42.1 Å². The van der Waals surface area contributed by atoms with Crippen molar-refractivity contribution in [3.8, 4) is 11.5 Å². The molecule has 20 heavy (non-hydrogen) atoms. The van der Waals surface area contributed by atoms with Crippen LogP contribution in [0.2, 0.25) is 0 Å². The molecule has 1 atom stereocenters. The molecule has 0 spiro atoms. The van der Waals surface area contributed by atoms with Crippen LogP contribution < -0.4 is 14.2 Å². The maximum atomic E-state index is 12.4. The number of hydrogen-bond donors (Lipinski definition) is 1. The molecule has 1 N–H and O–H groups in total. The normalized spacial score (nSPS) is 11.8. The molecule has 1 aromatic heterocycles. The second-order valence-corrected chi connectivity index (χ2v) is 5.19. The number of pyridine rings is 1. The average Bonchev–Trinajstić information content (AvgIpc) is 2.47. The van der Waals surface area contributed by atoms with E-state index in [2.05, 4.69) is 9.71 Å². The Balaban J connectivity index is 2.33. The molecule has 1 aromatic carbocycles. The van der Waals surface area contributed by atoms with Gasteiger partial charge in [0.2, 0.25) is 0 Å². The molecule has 6 heteroatoms. The lowest BCUT2D eigenvalue weighted by molar-refractivity contribution is 0.381. The van der Waals surface area contributed by atoms with Gasteiger partial charge in [0.05, 0.1) is 14.2 Å². The highest BCUT2D eigenvalue weighted by Crippen LogP contribution is 2.33. The number of anilines is 1. The average molecular weight is 292 g/mol. The highest BCUT2D eigenvalue weighted by atomic mass is 32.2. The van der Waals surface area contributed by atoms with Gasteiger partial charge in [-0.3, -0.25) is 4.72 Å². The van der Waals surface area contributed by atoms with Crippen molar-refractivity contribution in [1.82, 2.24) is 4.98 Å². The van der Waals surface area contributed by atoms with Crippen LogP contribution in [0.25, 0.3) is 0 Å². The maximum Gasteiger partial charge on any atom is 0.155 e. The predicted octanol–water partition coefficient (Wildman–Crippen LogP) is 2.54. The number of benzene rings is 1. The first-order valence-electron chi connectivity index (χ1n) is 5.98. The number of aromatic nitrogens is 1. The van der Waals surface area contributed by atoms with Crippen molar-refractivity contribution < 1.29 is 13.7 Å². The fourth-order valence-corrected chi connectivity index (χ4v) is 2.86. The predicted molar refractivity (Wildman–Crippen MR) is 78.6 cm³/mol. The van der Waals surface area contributed by atoms with Gasteiger partial charge in [0, 0.05) is 11.8 Å². The molecule has 0 saturated heterocycles. The van der Waals surface area contributed by atoms with Crippen LogP contribution in [0, 0.1) is 6.92 Å². The van der Waals surface area contributed by atoms with Crippen LogP contribution in [0.3, 0.4) is 0 Å². The summed E-state index contributed by atoms with van der Waals surface area (Å²) in [5.41, 5.74) is 0.809. The van der Waals surface area contributed by atoms with Gasteiger partial charge in [-0.1, -0.05) is 6.07 Å². The number of ether oxygens (including phenoxy) is 2. The zero-order chi connectivity index (χ0) is 14.5. The Morgan fingerprint density at radius 2 is 1.95 bits per heavy atom. The van der Waals surface area contributed by atoms with Crippen molar-refractivity contribution in [3.63, 3.8) is 0 Å². The Bertz CT molecular complexity index is 617. The van der Waals surface area contributed by atoms with E-state index in [1.165, 1.54) is 0 Å². The van der Waals surface area contributed by atoms with Crippen molar-refractivity contribution in [2.45, 2.75) is 11.8 Å². The second kappa shape index (κ2) is 6.38. The first kappa shape index (κ1) is 14.3. The van der Waals surface area contributed by atoms with Crippen LogP contribution in [-0.2, 0) is 11.0 Å². The zero-order valence-electron chi connectivity index (χ0n) is 11.5. The molecule has 106 valence electrons. The third-order valence-electron chi connectivity index (χ3n) is 2.81. The summed E-state index contributed by atoms with van der Waals surface area (Å²) in [6, 6.07) is 8.86. The van der Waals surface area contributed by atoms with Crippen LogP contribution >= 0.6 is 0 Å². The van der Waals surface area contributed by atoms with Gasteiger partial charge in [-0.15, -0.1) is 0 Å². The Kier molecular flexibility index (Phi) is 4.57. The molecule has 0 saturated carbocycles. The Morgan fingerprint density at radius 1 is 1.15 bits per heavy atom. The lowest BCUT2D eigenvalue weighted by Gasteiger charge is -2.14. The molecule has 0 aliphatic carbocycles. The number of nitrogens with zero attached hydrogens (tertiary/aromatic N) is 1. The fraction of sp³-hybridized carbons (Fsp3) is 0.214. The highest BCUT2D eigenvalue weighted by molar-refractivity contribution is 7.86. The van der Waals surface area contributed by atoms with E-state index < -0.39 is 11.0 Å². The number of methoxy groups -OCH3 is 2. The molecular weight excluding hydrogens is 276 g/mol. The zero-order valence-corrected chi connectivity index (χ0v) is 12.4. The summed E-state index contributed by atoms with van der Waals surface area (Å²) in [5, 5.41) is 0. The molecule has 0 bridgehead atoms. The first-order valence-corrected chi connectivity index (χ1v) is 7.13. The third kappa shape index (κ3) is 2.91. The molecule has 5 nitrogen and oxygen atoms in total. The highest BCUT2D eigenvalue weighted by Gasteiger charge is 2.16. The fourth-order valence-electron chi connectivity index (χ4n) is 1.84. The van der Waals surface area contributed by atoms with Crippen molar-refractivity contribution in [2.75, 3.05) is 18.9 Å². The summed E-state index contributed by atoms with van der Waals surface area (Å²) in [5.74, 6) is 1.79. The molecule has 0 unspecified atom stereocenters. The Hall–Kier alpha value is -2.08. The van der Waals surface area contributed by atoms with Gasteiger partial charge in [-0.25, -0.2) is 9.19 Å². The monoisotopic (exact) mass is 292 g/mol. The molecule has 0 aliphatic rings. The van der Waals surface area contributed by atoms with E-state index in [-0.39, 0.29) is 0 Å². The van der Waals surface area contributed by atoms with Gasteiger partial charge in [-0.05, 0) is 31.2 Å². The first-order chi connectivity index (χ1) is 9.67. The van der Waals surface area contributed by atoms with Crippen LogP contribution in [0.4, 0.5) is 5.82 Å². The minimum absolute atomic E-state index is 0.543. The van der Waals surface area contributed by atoms with Crippen molar-refractivity contribution in [2.24, 2.45) is 0 Å². The van der Waals surface area contributed by atoms with Crippen molar-refractivity contribution >= 4 is 16.8 Å². The van der Waals surface area contributed by atoms with E-state index in [1.54, 1.807) is 44.7 Å². The molecule has 1 heterocycles. The molecule has 0 amide bonds. The van der Waals surface area contributed by atoms with Gasteiger partial charge in [-0.2, -0.15) is 0 Å². The summed E-state index contributed by atoms with van der Waals surface area (Å²) in [6.45, 7) is 1.86. The topological polar surface area (TPSA) is 60.5 Å². The Morgan fingerprint density at radius 3 is 2.55 bits per heavy atom. The van der Waals surface area contributed by atoms with E-state index >= 15 is 0 Å². The maximum absolute atomic E-state index is 12.4. The van der Waals surface area contributed by atoms with E-state index in [0.717, 1.165) is 5.56 Å². The molecule has 2 rings (SSSR count). The summed E-state index contributed by atoms with van der Waals surface area (Å²) < 4.78 is 25.8. The van der Waals surface area contributed by atoms with Crippen LogP contribution in [0.15, 0.2) is 41.4 Å². The lowest BCUT2D eigenvalue weighted by atomic mass is 10.2. The minimum atomic E-state index is -1.46. The summed E-state index contributed by atoms with van der Waals surface area (Å²) in [7, 11) is 1.67. The molecule has 2 aromatic rings. The third-order valence-corrected chi connectivity index (χ3v) is 3.92. The minimum Gasteiger partial charge on any atom is -0.496 e. The van der Waals surface area contributed by atoms with E-state index in [0.29, 0.717) is 22.2 Å². The van der Waals surface area contributed by atoms with Gasteiger partial charge >= 0.3 is 0 Å². The number of rotatable bonds is 5.